The summed E-state index contributed by atoms with van der Waals surface area (Å²) in [6.45, 7) is 4.01. The molecule has 3 rings (SSSR count). The van der Waals surface area contributed by atoms with Crippen molar-refractivity contribution in [1.29, 1.82) is 0 Å². The van der Waals surface area contributed by atoms with Gasteiger partial charge in [-0.3, -0.25) is 4.79 Å². The van der Waals surface area contributed by atoms with E-state index in [4.69, 9.17) is 9.47 Å². The van der Waals surface area contributed by atoms with Crippen LogP contribution in [-0.4, -0.2) is 36.5 Å². The number of aromatic nitrogens is 2. The summed E-state index contributed by atoms with van der Waals surface area (Å²) in [6, 6.07) is 15.0. The van der Waals surface area contributed by atoms with Crippen molar-refractivity contribution in [2.75, 3.05) is 20.8 Å². The lowest BCUT2D eigenvalue weighted by Gasteiger charge is -2.10. The molecule has 0 aliphatic carbocycles. The Labute approximate surface area is 158 Å². The zero-order chi connectivity index (χ0) is 19.2. The third kappa shape index (κ3) is 3.84. The second-order valence-corrected chi connectivity index (χ2v) is 5.74. The van der Waals surface area contributed by atoms with E-state index in [9.17, 15) is 4.79 Å². The molecule has 0 unspecified atom stereocenters. The van der Waals surface area contributed by atoms with E-state index in [1.807, 2.05) is 42.5 Å². The Morgan fingerprint density at radius 2 is 1.96 bits per heavy atom. The summed E-state index contributed by atoms with van der Waals surface area (Å²) in [5.74, 6) is 1.01. The van der Waals surface area contributed by atoms with Gasteiger partial charge in [0, 0.05) is 24.4 Å². The first-order chi connectivity index (χ1) is 13.2. The highest BCUT2D eigenvalue weighted by Crippen LogP contribution is 2.34. The Bertz CT molecular complexity index is 949. The fourth-order valence-corrected chi connectivity index (χ4v) is 2.71. The molecule has 138 valence electrons. The van der Waals surface area contributed by atoms with Crippen LogP contribution in [0.2, 0.25) is 0 Å². The third-order valence-corrected chi connectivity index (χ3v) is 4.05. The van der Waals surface area contributed by atoms with Gasteiger partial charge < -0.3 is 14.8 Å². The number of nitrogens with one attached hydrogen (secondary N) is 1. The molecule has 0 spiro atoms. The van der Waals surface area contributed by atoms with Crippen LogP contribution in [0.4, 0.5) is 0 Å². The number of carbonyl (C=O) groups excluding carboxylic acids is 1. The lowest BCUT2D eigenvalue weighted by atomic mass is 10.1. The quantitative estimate of drug-likeness (QED) is 0.653. The topological polar surface area (TPSA) is 65.4 Å². The maximum absolute atomic E-state index is 12.7. The molecule has 0 saturated carbocycles. The summed E-state index contributed by atoms with van der Waals surface area (Å²) in [7, 11) is 3.16. The summed E-state index contributed by atoms with van der Waals surface area (Å²) in [4.78, 5) is 12.7. The Hall–Kier alpha value is -3.54. The van der Waals surface area contributed by atoms with Gasteiger partial charge in [-0.25, -0.2) is 4.68 Å². The van der Waals surface area contributed by atoms with Gasteiger partial charge in [0.2, 0.25) is 0 Å². The summed E-state index contributed by atoms with van der Waals surface area (Å²) in [5.41, 5.74) is 2.54. The van der Waals surface area contributed by atoms with Crippen molar-refractivity contribution >= 4 is 5.91 Å². The molecule has 3 aromatic rings. The lowest BCUT2D eigenvalue weighted by Crippen LogP contribution is -2.23. The van der Waals surface area contributed by atoms with Crippen LogP contribution in [0, 0.1) is 0 Å². The minimum atomic E-state index is -0.232. The number of amides is 1. The summed E-state index contributed by atoms with van der Waals surface area (Å²) in [6.07, 6.45) is 3.35. The van der Waals surface area contributed by atoms with Gasteiger partial charge in [0.15, 0.2) is 0 Å². The van der Waals surface area contributed by atoms with Gasteiger partial charge in [-0.05, 0) is 24.3 Å². The van der Waals surface area contributed by atoms with Crippen LogP contribution >= 0.6 is 0 Å². The lowest BCUT2D eigenvalue weighted by molar-refractivity contribution is 0.0958. The third-order valence-electron chi connectivity index (χ3n) is 4.05. The van der Waals surface area contributed by atoms with Crippen molar-refractivity contribution in [2.45, 2.75) is 0 Å². The van der Waals surface area contributed by atoms with Crippen LogP contribution in [-0.2, 0) is 0 Å². The van der Waals surface area contributed by atoms with Crippen LogP contribution < -0.4 is 14.8 Å². The zero-order valence-corrected chi connectivity index (χ0v) is 15.3. The van der Waals surface area contributed by atoms with Gasteiger partial charge >= 0.3 is 0 Å². The number of rotatable bonds is 7. The second kappa shape index (κ2) is 8.23. The van der Waals surface area contributed by atoms with Crippen molar-refractivity contribution in [3.05, 3.63) is 72.9 Å². The SMILES string of the molecule is C=CCNC(=O)c1cn(-c2ccccc2)nc1-c1ccc(OC)cc1OC. The van der Waals surface area contributed by atoms with E-state index in [1.165, 1.54) is 0 Å². The highest BCUT2D eigenvalue weighted by atomic mass is 16.5. The van der Waals surface area contributed by atoms with E-state index < -0.39 is 0 Å². The molecular weight excluding hydrogens is 342 g/mol. The molecule has 0 fully saturated rings. The van der Waals surface area contributed by atoms with Gasteiger partial charge in [0.05, 0.1) is 25.5 Å². The van der Waals surface area contributed by atoms with Gasteiger partial charge in [-0.1, -0.05) is 24.3 Å². The van der Waals surface area contributed by atoms with Crippen LogP contribution in [0.25, 0.3) is 16.9 Å². The molecule has 2 aromatic carbocycles. The highest BCUT2D eigenvalue weighted by Gasteiger charge is 2.21. The molecule has 1 aromatic heterocycles. The van der Waals surface area contributed by atoms with E-state index in [0.717, 1.165) is 5.69 Å². The molecule has 0 atom stereocenters. The van der Waals surface area contributed by atoms with Gasteiger partial charge in [-0.15, -0.1) is 6.58 Å². The molecule has 0 bridgehead atoms. The second-order valence-electron chi connectivity index (χ2n) is 5.74. The van der Waals surface area contributed by atoms with E-state index in [1.54, 1.807) is 37.2 Å². The monoisotopic (exact) mass is 363 g/mol. The first kappa shape index (κ1) is 18.3. The van der Waals surface area contributed by atoms with Crippen LogP contribution in [0.3, 0.4) is 0 Å². The van der Waals surface area contributed by atoms with Gasteiger partial charge in [0.1, 0.15) is 17.2 Å². The number of hydrogen-bond acceptors (Lipinski definition) is 4. The average Bonchev–Trinajstić information content (AvgIpc) is 3.17. The highest BCUT2D eigenvalue weighted by molar-refractivity contribution is 6.00. The minimum Gasteiger partial charge on any atom is -0.497 e. The van der Waals surface area contributed by atoms with Gasteiger partial charge in [-0.2, -0.15) is 5.10 Å². The van der Waals surface area contributed by atoms with Crippen LogP contribution in [0.15, 0.2) is 67.4 Å². The average molecular weight is 363 g/mol. The standard InChI is InChI=1S/C21H21N3O3/c1-4-12-22-21(25)18-14-24(15-8-6-5-7-9-15)23-20(18)17-11-10-16(26-2)13-19(17)27-3/h4-11,13-14H,1,12H2,2-3H3,(H,22,25). The summed E-state index contributed by atoms with van der Waals surface area (Å²) < 4.78 is 12.4. The maximum atomic E-state index is 12.7. The van der Waals surface area contributed by atoms with Crippen molar-refractivity contribution in [1.82, 2.24) is 15.1 Å². The number of carbonyl (C=O) groups is 1. The maximum Gasteiger partial charge on any atom is 0.255 e. The molecule has 0 aliphatic heterocycles. The van der Waals surface area contributed by atoms with E-state index in [-0.39, 0.29) is 5.91 Å². The van der Waals surface area contributed by atoms with Crippen LogP contribution in [0.1, 0.15) is 10.4 Å². The van der Waals surface area contributed by atoms with Crippen molar-refractivity contribution < 1.29 is 14.3 Å². The number of para-hydroxylation sites is 1. The predicted octanol–water partition coefficient (Wildman–Crippen LogP) is 3.47. The molecule has 0 aliphatic rings. The molecule has 1 heterocycles. The molecule has 0 radical (unpaired) electrons. The van der Waals surface area contributed by atoms with Gasteiger partial charge in [0.25, 0.3) is 5.91 Å². The van der Waals surface area contributed by atoms with E-state index in [0.29, 0.717) is 34.9 Å². The number of nitrogens with zero attached hydrogens (tertiary/aromatic N) is 2. The largest absolute Gasteiger partial charge is 0.497 e. The molecule has 1 amide bonds. The molecule has 0 saturated heterocycles. The number of hydrogen-bond donors (Lipinski definition) is 1. The molecular formula is C21H21N3O3. The first-order valence-electron chi connectivity index (χ1n) is 8.44. The fourth-order valence-electron chi connectivity index (χ4n) is 2.71. The summed E-state index contributed by atoms with van der Waals surface area (Å²) >= 11 is 0. The zero-order valence-electron chi connectivity index (χ0n) is 15.3. The van der Waals surface area contributed by atoms with E-state index >= 15 is 0 Å². The molecule has 27 heavy (non-hydrogen) atoms. The number of ether oxygens (including phenoxy) is 2. The van der Waals surface area contributed by atoms with Crippen molar-refractivity contribution in [3.8, 4) is 28.4 Å². The Morgan fingerprint density at radius 1 is 1.19 bits per heavy atom. The van der Waals surface area contributed by atoms with E-state index in [2.05, 4.69) is 17.0 Å². The summed E-state index contributed by atoms with van der Waals surface area (Å²) in [5, 5.41) is 7.46. The van der Waals surface area contributed by atoms with Crippen molar-refractivity contribution in [3.63, 3.8) is 0 Å². The normalized spacial score (nSPS) is 10.3. The Balaban J connectivity index is 2.14. The first-order valence-corrected chi connectivity index (χ1v) is 8.44. The smallest absolute Gasteiger partial charge is 0.255 e. The molecule has 1 N–H and O–H groups in total. The minimum absolute atomic E-state index is 0.232. The molecule has 6 heteroatoms. The number of methoxy groups -OCH3 is 2. The Morgan fingerprint density at radius 3 is 2.63 bits per heavy atom. The predicted molar refractivity (Wildman–Crippen MR) is 105 cm³/mol. The van der Waals surface area contributed by atoms with Crippen molar-refractivity contribution in [2.24, 2.45) is 0 Å². The number of benzene rings is 2. The van der Waals surface area contributed by atoms with Crippen LogP contribution in [0.5, 0.6) is 11.5 Å². The molecule has 6 nitrogen and oxygen atoms in total. The fraction of sp³-hybridized carbons (Fsp3) is 0.143. The Kier molecular flexibility index (Phi) is 5.56.